The number of carbonyl (C=O) groups excluding carboxylic acids is 3. The fourth-order valence-corrected chi connectivity index (χ4v) is 9.59. The third kappa shape index (κ3) is 61.8. The Bertz CT molecular complexity index is 1340. The van der Waals surface area contributed by atoms with Gasteiger partial charge in [0.05, 0.1) is 0 Å². The van der Waals surface area contributed by atoms with Crippen molar-refractivity contribution in [3.05, 3.63) is 60.8 Å². The van der Waals surface area contributed by atoms with E-state index in [4.69, 9.17) is 14.2 Å². The Morgan fingerprint density at radius 3 is 0.867 bits per heavy atom. The van der Waals surface area contributed by atoms with Crippen molar-refractivity contribution < 1.29 is 28.6 Å². The van der Waals surface area contributed by atoms with Crippen LogP contribution in [0.4, 0.5) is 0 Å². The van der Waals surface area contributed by atoms with Gasteiger partial charge in [-0.15, -0.1) is 0 Å². The average molecular weight is 1050 g/mol. The summed E-state index contributed by atoms with van der Waals surface area (Å²) in [5.41, 5.74) is 0. The van der Waals surface area contributed by atoms with Crippen LogP contribution in [0.1, 0.15) is 342 Å². The van der Waals surface area contributed by atoms with Crippen LogP contribution >= 0.6 is 0 Å². The summed E-state index contributed by atoms with van der Waals surface area (Å²) in [7, 11) is 0. The van der Waals surface area contributed by atoms with Gasteiger partial charge in [0.1, 0.15) is 13.2 Å². The van der Waals surface area contributed by atoms with Gasteiger partial charge >= 0.3 is 17.9 Å². The molecule has 0 amide bonds. The Balaban J connectivity index is 4.10. The normalized spacial score (nSPS) is 12.4. The summed E-state index contributed by atoms with van der Waals surface area (Å²) in [6.45, 7) is 6.53. The Hall–Kier alpha value is -2.89. The average Bonchev–Trinajstić information content (AvgIpc) is 3.41. The molecule has 0 aromatic carbocycles. The molecule has 0 saturated heterocycles. The number of allylic oxidation sites excluding steroid dienone is 10. The number of carbonyl (C=O) groups is 3. The van der Waals surface area contributed by atoms with Crippen molar-refractivity contribution in [2.45, 2.75) is 348 Å². The second-order valence-electron chi connectivity index (χ2n) is 22.0. The number of esters is 3. The van der Waals surface area contributed by atoms with Gasteiger partial charge in [0.2, 0.25) is 0 Å². The second-order valence-corrected chi connectivity index (χ2v) is 22.0. The Kier molecular flexibility index (Phi) is 61.2. The Morgan fingerprint density at radius 1 is 0.280 bits per heavy atom. The first-order valence-electron chi connectivity index (χ1n) is 32.8. The van der Waals surface area contributed by atoms with E-state index in [1.807, 2.05) is 0 Å². The Labute approximate surface area is 466 Å². The minimum Gasteiger partial charge on any atom is -0.462 e. The van der Waals surface area contributed by atoms with Crippen LogP contribution in [0.25, 0.3) is 0 Å². The summed E-state index contributed by atoms with van der Waals surface area (Å²) in [6.07, 6.45) is 81.1. The highest BCUT2D eigenvalue weighted by atomic mass is 16.6. The number of ether oxygens (including phenoxy) is 3. The monoisotopic (exact) mass is 1050 g/mol. The molecule has 1 unspecified atom stereocenters. The first kappa shape index (κ1) is 72.1. The summed E-state index contributed by atoms with van der Waals surface area (Å²) in [6, 6.07) is 0. The smallest absolute Gasteiger partial charge is 0.306 e. The van der Waals surface area contributed by atoms with Crippen molar-refractivity contribution >= 4 is 17.9 Å². The molecule has 0 aliphatic heterocycles. The molecule has 0 radical (unpaired) electrons. The molecule has 0 aromatic heterocycles. The van der Waals surface area contributed by atoms with Crippen LogP contribution in [0.3, 0.4) is 0 Å². The topological polar surface area (TPSA) is 78.9 Å². The van der Waals surface area contributed by atoms with E-state index in [1.54, 1.807) is 0 Å². The number of rotatable bonds is 60. The SMILES string of the molecule is CC/C=C\C/C=C\C/C=C\C/C=C\CCCCCCCCCCCCCCCCCCCCC(=O)OCC(COC(=O)CCCCCCC/C=C\CCCC)OC(=O)CCCCCCCCCCCCCCCCC. The molecule has 0 rings (SSSR count). The lowest BCUT2D eigenvalue weighted by molar-refractivity contribution is -0.167. The van der Waals surface area contributed by atoms with Crippen molar-refractivity contribution in [3.8, 4) is 0 Å². The van der Waals surface area contributed by atoms with Crippen LogP contribution < -0.4 is 0 Å². The number of hydrogen-bond acceptors (Lipinski definition) is 6. The van der Waals surface area contributed by atoms with Gasteiger partial charge in [0, 0.05) is 19.3 Å². The van der Waals surface area contributed by atoms with Crippen molar-refractivity contribution in [2.24, 2.45) is 0 Å². The van der Waals surface area contributed by atoms with E-state index in [1.165, 1.54) is 212 Å². The Morgan fingerprint density at radius 2 is 0.533 bits per heavy atom. The van der Waals surface area contributed by atoms with Crippen LogP contribution in [0.2, 0.25) is 0 Å². The van der Waals surface area contributed by atoms with Crippen LogP contribution in [0, 0.1) is 0 Å². The lowest BCUT2D eigenvalue weighted by Gasteiger charge is -2.18. The maximum Gasteiger partial charge on any atom is 0.306 e. The molecule has 6 heteroatoms. The van der Waals surface area contributed by atoms with E-state index >= 15 is 0 Å². The molecule has 0 N–H and O–H groups in total. The zero-order valence-electron chi connectivity index (χ0n) is 50.1. The molecule has 0 heterocycles. The molecule has 75 heavy (non-hydrogen) atoms. The summed E-state index contributed by atoms with van der Waals surface area (Å²) < 4.78 is 16.9. The van der Waals surface area contributed by atoms with E-state index in [0.717, 1.165) is 89.9 Å². The van der Waals surface area contributed by atoms with Gasteiger partial charge in [-0.05, 0) is 77.0 Å². The summed E-state index contributed by atoms with van der Waals surface area (Å²) in [5.74, 6) is -0.861. The maximum absolute atomic E-state index is 12.9. The quantitative estimate of drug-likeness (QED) is 0.0261. The van der Waals surface area contributed by atoms with Gasteiger partial charge in [-0.2, -0.15) is 0 Å². The van der Waals surface area contributed by atoms with E-state index < -0.39 is 6.10 Å². The fourth-order valence-electron chi connectivity index (χ4n) is 9.59. The highest BCUT2D eigenvalue weighted by Gasteiger charge is 2.19. The van der Waals surface area contributed by atoms with Crippen LogP contribution in [0.5, 0.6) is 0 Å². The van der Waals surface area contributed by atoms with Crippen molar-refractivity contribution in [2.75, 3.05) is 13.2 Å². The highest BCUT2D eigenvalue weighted by Crippen LogP contribution is 2.18. The standard InChI is InChI=1S/C69H124O6/c1-4-7-10-13-16-19-22-24-26-27-28-29-30-31-32-33-34-35-36-37-38-39-40-41-43-44-47-50-53-56-59-62-68(71)74-65-66(64-73-67(70)61-58-55-52-49-46-21-18-15-12-9-6-3)75-69(72)63-60-57-54-51-48-45-42-25-23-20-17-14-11-8-5-2/h7,10,15-16,18-19,24,26,28-29,66H,4-6,8-9,11-14,17,20-23,25,27,30-65H2,1-3H3/b10-7-,18-15-,19-16-,26-24-,29-28-. The summed E-state index contributed by atoms with van der Waals surface area (Å²) >= 11 is 0. The fraction of sp³-hybridized carbons (Fsp3) is 0.812. The zero-order chi connectivity index (χ0) is 54.3. The molecule has 6 nitrogen and oxygen atoms in total. The lowest BCUT2D eigenvalue weighted by atomic mass is 10.0. The van der Waals surface area contributed by atoms with Crippen LogP contribution in [0.15, 0.2) is 60.8 Å². The first-order valence-corrected chi connectivity index (χ1v) is 32.8. The van der Waals surface area contributed by atoms with E-state index in [0.29, 0.717) is 19.3 Å². The van der Waals surface area contributed by atoms with Gasteiger partial charge in [-0.25, -0.2) is 0 Å². The minimum atomic E-state index is -0.773. The first-order chi connectivity index (χ1) is 37.0. The molecular formula is C69H124O6. The van der Waals surface area contributed by atoms with Gasteiger partial charge in [-0.3, -0.25) is 14.4 Å². The van der Waals surface area contributed by atoms with Crippen molar-refractivity contribution in [1.82, 2.24) is 0 Å². The highest BCUT2D eigenvalue weighted by molar-refractivity contribution is 5.71. The molecule has 0 fully saturated rings. The molecule has 1 atom stereocenters. The predicted octanol–water partition coefficient (Wildman–Crippen LogP) is 22.3. The van der Waals surface area contributed by atoms with E-state index in [9.17, 15) is 14.4 Å². The number of hydrogen-bond donors (Lipinski definition) is 0. The third-order valence-corrected chi connectivity index (χ3v) is 14.5. The van der Waals surface area contributed by atoms with Crippen LogP contribution in [-0.2, 0) is 28.6 Å². The van der Waals surface area contributed by atoms with Crippen LogP contribution in [-0.4, -0.2) is 37.2 Å². The molecule has 0 aromatic rings. The zero-order valence-corrected chi connectivity index (χ0v) is 50.1. The maximum atomic E-state index is 12.9. The van der Waals surface area contributed by atoms with E-state index in [-0.39, 0.29) is 31.1 Å². The predicted molar refractivity (Wildman–Crippen MR) is 325 cm³/mol. The van der Waals surface area contributed by atoms with Gasteiger partial charge in [-0.1, -0.05) is 306 Å². The summed E-state index contributed by atoms with van der Waals surface area (Å²) in [4.78, 5) is 38.2. The van der Waals surface area contributed by atoms with E-state index in [2.05, 4.69) is 81.5 Å². The summed E-state index contributed by atoms with van der Waals surface area (Å²) in [5, 5.41) is 0. The molecule has 0 aliphatic carbocycles. The molecule has 0 bridgehead atoms. The van der Waals surface area contributed by atoms with Crippen molar-refractivity contribution in [3.63, 3.8) is 0 Å². The molecule has 436 valence electrons. The molecular weight excluding hydrogens is 925 g/mol. The third-order valence-electron chi connectivity index (χ3n) is 14.5. The minimum absolute atomic E-state index is 0.0712. The molecule has 0 aliphatic rings. The van der Waals surface area contributed by atoms with Gasteiger partial charge in [0.25, 0.3) is 0 Å². The largest absolute Gasteiger partial charge is 0.462 e. The van der Waals surface area contributed by atoms with Gasteiger partial charge < -0.3 is 14.2 Å². The van der Waals surface area contributed by atoms with Crippen molar-refractivity contribution in [1.29, 1.82) is 0 Å². The lowest BCUT2D eigenvalue weighted by Crippen LogP contribution is -2.30. The number of unbranched alkanes of at least 4 members (excludes halogenated alkanes) is 39. The molecule has 0 saturated carbocycles. The molecule has 0 spiro atoms. The van der Waals surface area contributed by atoms with Gasteiger partial charge in [0.15, 0.2) is 6.10 Å². The second kappa shape index (κ2) is 63.6.